The van der Waals surface area contributed by atoms with Crippen LogP contribution >= 0.6 is 11.3 Å². The van der Waals surface area contributed by atoms with E-state index in [9.17, 15) is 4.79 Å². The third-order valence-electron chi connectivity index (χ3n) is 3.34. The van der Waals surface area contributed by atoms with Gasteiger partial charge in [-0.1, -0.05) is 0 Å². The summed E-state index contributed by atoms with van der Waals surface area (Å²) in [7, 11) is 0. The van der Waals surface area contributed by atoms with Gasteiger partial charge in [-0.3, -0.25) is 4.79 Å². The summed E-state index contributed by atoms with van der Waals surface area (Å²) in [5.41, 5.74) is -0.372. The molecule has 0 radical (unpaired) electrons. The standard InChI is InChI=1S/C14H18N4OS/c1-3-5-7-14(16-17-14)8-6-13(19)18(4-2)11-12-15-9-10-20-12/h1,9-10H,4-8,11H2,2H3. The number of rotatable bonds is 8. The second kappa shape index (κ2) is 6.62. The quantitative estimate of drug-likeness (QED) is 0.691. The molecule has 1 aromatic rings. The molecular weight excluding hydrogens is 272 g/mol. The summed E-state index contributed by atoms with van der Waals surface area (Å²) in [6.45, 7) is 3.24. The first-order valence-electron chi connectivity index (χ1n) is 6.73. The van der Waals surface area contributed by atoms with Crippen LogP contribution in [0.5, 0.6) is 0 Å². The summed E-state index contributed by atoms with van der Waals surface area (Å²) in [6, 6.07) is 0. The van der Waals surface area contributed by atoms with Gasteiger partial charge in [0.25, 0.3) is 0 Å². The monoisotopic (exact) mass is 290 g/mol. The minimum atomic E-state index is -0.372. The van der Waals surface area contributed by atoms with Gasteiger partial charge in [0.05, 0.1) is 6.54 Å². The summed E-state index contributed by atoms with van der Waals surface area (Å²) in [5.74, 6) is 2.72. The third kappa shape index (κ3) is 3.87. The van der Waals surface area contributed by atoms with E-state index in [0.29, 0.717) is 32.4 Å². The molecule has 20 heavy (non-hydrogen) atoms. The van der Waals surface area contributed by atoms with Crippen molar-refractivity contribution in [3.05, 3.63) is 16.6 Å². The molecule has 0 aromatic carbocycles. The van der Waals surface area contributed by atoms with Crippen LogP contribution < -0.4 is 0 Å². The van der Waals surface area contributed by atoms with E-state index in [-0.39, 0.29) is 11.6 Å². The molecule has 0 unspecified atom stereocenters. The summed E-state index contributed by atoms with van der Waals surface area (Å²) in [5, 5.41) is 11.0. The Morgan fingerprint density at radius 1 is 1.50 bits per heavy atom. The van der Waals surface area contributed by atoms with Crippen molar-refractivity contribution in [1.82, 2.24) is 9.88 Å². The molecule has 0 N–H and O–H groups in total. The number of terminal acetylenes is 1. The number of amides is 1. The smallest absolute Gasteiger partial charge is 0.223 e. The summed E-state index contributed by atoms with van der Waals surface area (Å²) in [6.07, 6.45) is 9.52. The summed E-state index contributed by atoms with van der Waals surface area (Å²) >= 11 is 1.57. The van der Waals surface area contributed by atoms with Gasteiger partial charge in [-0.15, -0.1) is 23.7 Å². The van der Waals surface area contributed by atoms with E-state index in [1.165, 1.54) is 0 Å². The highest BCUT2D eigenvalue weighted by Gasteiger charge is 2.39. The summed E-state index contributed by atoms with van der Waals surface area (Å²) in [4.78, 5) is 18.3. The van der Waals surface area contributed by atoms with Crippen LogP contribution in [0.25, 0.3) is 0 Å². The fourth-order valence-electron chi connectivity index (χ4n) is 2.00. The number of aromatic nitrogens is 1. The van der Waals surface area contributed by atoms with Gasteiger partial charge in [0.2, 0.25) is 5.91 Å². The van der Waals surface area contributed by atoms with Crippen molar-refractivity contribution >= 4 is 17.2 Å². The molecule has 1 aromatic heterocycles. The Bertz CT molecular complexity index is 512. The Labute approximate surface area is 123 Å². The second-order valence-corrected chi connectivity index (χ2v) is 5.70. The van der Waals surface area contributed by atoms with Crippen molar-refractivity contribution < 1.29 is 4.79 Å². The zero-order valence-electron chi connectivity index (χ0n) is 11.6. The van der Waals surface area contributed by atoms with E-state index in [4.69, 9.17) is 6.42 Å². The van der Waals surface area contributed by atoms with Crippen LogP contribution in [0.2, 0.25) is 0 Å². The van der Waals surface area contributed by atoms with E-state index in [1.807, 2.05) is 17.2 Å². The number of hydrogen-bond donors (Lipinski definition) is 0. The van der Waals surface area contributed by atoms with Gasteiger partial charge in [-0.05, 0) is 6.92 Å². The highest BCUT2D eigenvalue weighted by atomic mass is 32.1. The topological polar surface area (TPSA) is 57.9 Å². The Balaban J connectivity index is 1.79. The predicted molar refractivity (Wildman–Crippen MR) is 78.1 cm³/mol. The molecule has 0 fully saturated rings. The van der Waals surface area contributed by atoms with Gasteiger partial charge >= 0.3 is 0 Å². The molecule has 0 aliphatic carbocycles. The van der Waals surface area contributed by atoms with Crippen LogP contribution in [0.4, 0.5) is 0 Å². The van der Waals surface area contributed by atoms with Crippen LogP contribution in [0, 0.1) is 12.3 Å². The summed E-state index contributed by atoms with van der Waals surface area (Å²) < 4.78 is 0. The van der Waals surface area contributed by atoms with E-state index >= 15 is 0 Å². The largest absolute Gasteiger partial charge is 0.336 e. The first-order chi connectivity index (χ1) is 9.69. The Hall–Kier alpha value is -1.74. The molecule has 0 spiro atoms. The molecule has 2 rings (SSSR count). The van der Waals surface area contributed by atoms with Crippen molar-refractivity contribution in [3.63, 3.8) is 0 Å². The fourth-order valence-corrected chi connectivity index (χ4v) is 2.63. The number of hydrogen-bond acceptors (Lipinski definition) is 5. The molecule has 6 heteroatoms. The zero-order chi connectivity index (χ0) is 14.4. The average Bonchev–Trinajstić information content (AvgIpc) is 3.05. The maximum atomic E-state index is 12.2. The van der Waals surface area contributed by atoms with E-state index in [0.717, 1.165) is 11.4 Å². The van der Waals surface area contributed by atoms with Crippen LogP contribution in [-0.4, -0.2) is 28.0 Å². The number of thiazole rings is 1. The molecule has 106 valence electrons. The van der Waals surface area contributed by atoms with Crippen molar-refractivity contribution in [2.45, 2.75) is 44.8 Å². The number of carbonyl (C=O) groups excluding carboxylic acids is 1. The molecule has 5 nitrogen and oxygen atoms in total. The Morgan fingerprint density at radius 2 is 2.30 bits per heavy atom. The maximum Gasteiger partial charge on any atom is 0.223 e. The molecule has 1 aliphatic rings. The normalized spacial score (nSPS) is 14.8. The maximum absolute atomic E-state index is 12.2. The molecule has 0 bridgehead atoms. The molecule has 1 aliphatic heterocycles. The van der Waals surface area contributed by atoms with Gasteiger partial charge in [0, 0.05) is 43.8 Å². The van der Waals surface area contributed by atoms with Gasteiger partial charge in [0.1, 0.15) is 5.01 Å². The molecular formula is C14H18N4OS. The highest BCUT2D eigenvalue weighted by molar-refractivity contribution is 7.09. The Morgan fingerprint density at radius 3 is 2.85 bits per heavy atom. The lowest BCUT2D eigenvalue weighted by Gasteiger charge is -2.20. The van der Waals surface area contributed by atoms with Gasteiger partial charge in [-0.2, -0.15) is 10.2 Å². The van der Waals surface area contributed by atoms with E-state index in [1.54, 1.807) is 17.5 Å². The predicted octanol–water partition coefficient (Wildman–Crippen LogP) is 2.85. The van der Waals surface area contributed by atoms with Crippen LogP contribution in [0.1, 0.15) is 37.6 Å². The average molecular weight is 290 g/mol. The zero-order valence-corrected chi connectivity index (χ0v) is 12.4. The number of nitrogens with zero attached hydrogens (tertiary/aromatic N) is 4. The van der Waals surface area contributed by atoms with E-state index < -0.39 is 0 Å². The molecule has 0 saturated carbocycles. The lowest BCUT2D eigenvalue weighted by Crippen LogP contribution is -2.31. The van der Waals surface area contributed by atoms with Crippen molar-refractivity contribution in [1.29, 1.82) is 0 Å². The lowest BCUT2D eigenvalue weighted by atomic mass is 10.0. The van der Waals surface area contributed by atoms with Crippen LogP contribution in [0.15, 0.2) is 21.8 Å². The van der Waals surface area contributed by atoms with Gasteiger partial charge < -0.3 is 4.90 Å². The number of carbonyl (C=O) groups is 1. The second-order valence-electron chi connectivity index (χ2n) is 4.72. The van der Waals surface area contributed by atoms with Crippen molar-refractivity contribution in [2.24, 2.45) is 10.2 Å². The highest BCUT2D eigenvalue weighted by Crippen LogP contribution is 2.37. The van der Waals surface area contributed by atoms with Crippen LogP contribution in [0.3, 0.4) is 0 Å². The van der Waals surface area contributed by atoms with Gasteiger partial charge in [-0.25, -0.2) is 4.98 Å². The SMILES string of the molecule is C#CCCC1(CCC(=O)N(CC)Cc2nccs2)N=N1. The third-order valence-corrected chi connectivity index (χ3v) is 4.10. The van der Waals surface area contributed by atoms with Crippen molar-refractivity contribution in [2.75, 3.05) is 6.54 Å². The van der Waals surface area contributed by atoms with Crippen LogP contribution in [-0.2, 0) is 11.3 Å². The van der Waals surface area contributed by atoms with E-state index in [2.05, 4.69) is 21.1 Å². The Kier molecular flexibility index (Phi) is 4.85. The first-order valence-corrected chi connectivity index (χ1v) is 7.61. The molecule has 0 atom stereocenters. The minimum Gasteiger partial charge on any atom is -0.336 e. The fraction of sp³-hybridized carbons (Fsp3) is 0.571. The lowest BCUT2D eigenvalue weighted by molar-refractivity contribution is -0.131. The molecule has 0 saturated heterocycles. The first kappa shape index (κ1) is 14.7. The minimum absolute atomic E-state index is 0.125. The van der Waals surface area contributed by atoms with Gasteiger partial charge in [0.15, 0.2) is 5.66 Å². The molecule has 2 heterocycles. The van der Waals surface area contributed by atoms with Crippen molar-refractivity contribution in [3.8, 4) is 12.3 Å². The molecule has 1 amide bonds.